The van der Waals surface area contributed by atoms with E-state index < -0.39 is 0 Å². The van der Waals surface area contributed by atoms with E-state index in [4.69, 9.17) is 9.26 Å². The van der Waals surface area contributed by atoms with Gasteiger partial charge in [0.1, 0.15) is 11.6 Å². The van der Waals surface area contributed by atoms with Gasteiger partial charge in [-0.1, -0.05) is 5.16 Å². The average Bonchev–Trinajstić information content (AvgIpc) is 3.07. The van der Waals surface area contributed by atoms with E-state index in [2.05, 4.69) is 15.0 Å². The van der Waals surface area contributed by atoms with E-state index in [1.807, 2.05) is 6.92 Å². The molecule has 25 heavy (non-hydrogen) atoms. The van der Waals surface area contributed by atoms with Crippen LogP contribution in [0.15, 0.2) is 28.8 Å². The molecule has 2 heterocycles. The summed E-state index contributed by atoms with van der Waals surface area (Å²) in [6.45, 7) is 6.44. The molecule has 0 saturated carbocycles. The molecular formula is C17H21FN4O3. The highest BCUT2D eigenvalue weighted by atomic mass is 19.1. The van der Waals surface area contributed by atoms with Crippen LogP contribution in [0.3, 0.4) is 0 Å². The van der Waals surface area contributed by atoms with Crippen molar-refractivity contribution in [3.05, 3.63) is 41.8 Å². The van der Waals surface area contributed by atoms with Gasteiger partial charge in [-0.25, -0.2) is 4.39 Å². The molecule has 1 aliphatic rings. The quantitative estimate of drug-likeness (QED) is 0.820. The molecule has 0 radical (unpaired) electrons. The van der Waals surface area contributed by atoms with Crippen LogP contribution in [0.25, 0.3) is 0 Å². The van der Waals surface area contributed by atoms with E-state index in [-0.39, 0.29) is 24.4 Å². The zero-order valence-electron chi connectivity index (χ0n) is 14.3. The first-order valence-corrected chi connectivity index (χ1v) is 8.23. The maximum absolute atomic E-state index is 12.9. The number of piperazine rings is 1. The Labute approximate surface area is 145 Å². The van der Waals surface area contributed by atoms with E-state index in [0.29, 0.717) is 30.6 Å². The first-order valence-electron chi connectivity index (χ1n) is 8.23. The van der Waals surface area contributed by atoms with Crippen molar-refractivity contribution < 1.29 is 18.4 Å². The van der Waals surface area contributed by atoms with Crippen LogP contribution in [0.1, 0.15) is 24.7 Å². The number of aromatic nitrogens is 2. The Bertz CT molecular complexity index is 711. The van der Waals surface area contributed by atoms with Crippen LogP contribution >= 0.6 is 0 Å². The summed E-state index contributed by atoms with van der Waals surface area (Å²) in [6, 6.07) is 5.65. The van der Waals surface area contributed by atoms with Gasteiger partial charge in [-0.3, -0.25) is 9.69 Å². The summed E-state index contributed by atoms with van der Waals surface area (Å²) in [6.07, 6.45) is 0. The van der Waals surface area contributed by atoms with Gasteiger partial charge < -0.3 is 14.2 Å². The Balaban J connectivity index is 1.46. The number of benzene rings is 1. The van der Waals surface area contributed by atoms with Crippen LogP contribution in [0.2, 0.25) is 0 Å². The number of carbonyl (C=O) groups is 1. The van der Waals surface area contributed by atoms with Gasteiger partial charge in [0.15, 0.2) is 12.4 Å². The second-order valence-electron chi connectivity index (χ2n) is 6.02. The molecule has 1 saturated heterocycles. The molecule has 134 valence electrons. The summed E-state index contributed by atoms with van der Waals surface area (Å²) in [5.74, 6) is 1.28. The first-order chi connectivity index (χ1) is 12.0. The molecule has 1 aliphatic heterocycles. The van der Waals surface area contributed by atoms with Crippen molar-refractivity contribution in [2.45, 2.75) is 19.9 Å². The third-order valence-corrected chi connectivity index (χ3v) is 4.29. The lowest BCUT2D eigenvalue weighted by molar-refractivity contribution is -0.135. The largest absolute Gasteiger partial charge is 0.484 e. The van der Waals surface area contributed by atoms with Crippen LogP contribution in [0.4, 0.5) is 4.39 Å². The second-order valence-corrected chi connectivity index (χ2v) is 6.02. The number of nitrogens with zero attached hydrogens (tertiary/aromatic N) is 4. The van der Waals surface area contributed by atoms with E-state index >= 15 is 0 Å². The minimum Gasteiger partial charge on any atom is -0.484 e. The lowest BCUT2D eigenvalue weighted by Gasteiger charge is -2.36. The number of amides is 1. The summed E-state index contributed by atoms with van der Waals surface area (Å²) in [4.78, 5) is 20.5. The van der Waals surface area contributed by atoms with E-state index in [1.165, 1.54) is 24.3 Å². The van der Waals surface area contributed by atoms with Crippen LogP contribution in [0.5, 0.6) is 5.75 Å². The number of hydrogen-bond acceptors (Lipinski definition) is 6. The van der Waals surface area contributed by atoms with E-state index in [1.54, 1.807) is 11.8 Å². The lowest BCUT2D eigenvalue weighted by atomic mass is 10.2. The SMILES string of the molecule is Cc1noc(C(C)N2CCN(C(=O)COc3ccc(F)cc3)CC2)n1. The van der Waals surface area contributed by atoms with Crippen molar-refractivity contribution in [1.82, 2.24) is 19.9 Å². The number of carbonyl (C=O) groups excluding carboxylic acids is 1. The van der Waals surface area contributed by atoms with E-state index in [0.717, 1.165) is 13.1 Å². The zero-order chi connectivity index (χ0) is 17.8. The normalized spacial score (nSPS) is 16.7. The van der Waals surface area contributed by atoms with Gasteiger partial charge in [0.2, 0.25) is 5.89 Å². The fourth-order valence-corrected chi connectivity index (χ4v) is 2.76. The van der Waals surface area contributed by atoms with Gasteiger partial charge in [0, 0.05) is 26.2 Å². The third kappa shape index (κ3) is 4.33. The van der Waals surface area contributed by atoms with E-state index in [9.17, 15) is 9.18 Å². The van der Waals surface area contributed by atoms with Crippen molar-refractivity contribution in [3.8, 4) is 5.75 Å². The van der Waals surface area contributed by atoms with Gasteiger partial charge in [-0.2, -0.15) is 4.98 Å². The molecule has 0 aliphatic carbocycles. The first kappa shape index (κ1) is 17.3. The Kier molecular flexibility index (Phi) is 5.28. The molecule has 1 unspecified atom stereocenters. The maximum Gasteiger partial charge on any atom is 0.260 e. The van der Waals surface area contributed by atoms with Crippen molar-refractivity contribution in [2.75, 3.05) is 32.8 Å². The summed E-state index contributed by atoms with van der Waals surface area (Å²) >= 11 is 0. The van der Waals surface area contributed by atoms with Gasteiger partial charge in [0.05, 0.1) is 6.04 Å². The molecule has 1 fully saturated rings. The lowest BCUT2D eigenvalue weighted by Crippen LogP contribution is -2.50. The summed E-state index contributed by atoms with van der Waals surface area (Å²) in [7, 11) is 0. The fraction of sp³-hybridized carbons (Fsp3) is 0.471. The van der Waals surface area contributed by atoms with Crippen LogP contribution in [0, 0.1) is 12.7 Å². The maximum atomic E-state index is 12.9. The fourth-order valence-electron chi connectivity index (χ4n) is 2.76. The smallest absolute Gasteiger partial charge is 0.260 e. The van der Waals surface area contributed by atoms with Gasteiger partial charge in [0.25, 0.3) is 5.91 Å². The minimum atomic E-state index is -0.333. The Hall–Kier alpha value is -2.48. The van der Waals surface area contributed by atoms with Crippen LogP contribution in [-0.4, -0.2) is 58.6 Å². The predicted octanol–water partition coefficient (Wildman–Crippen LogP) is 1.80. The highest BCUT2D eigenvalue weighted by Crippen LogP contribution is 2.20. The minimum absolute atomic E-state index is 0.0221. The van der Waals surface area contributed by atoms with Crippen molar-refractivity contribution in [1.29, 1.82) is 0 Å². The molecule has 0 bridgehead atoms. The molecule has 1 amide bonds. The monoisotopic (exact) mass is 348 g/mol. The molecule has 1 aromatic heterocycles. The van der Waals surface area contributed by atoms with Crippen LogP contribution < -0.4 is 4.74 Å². The molecule has 0 spiro atoms. The average molecular weight is 348 g/mol. The Morgan fingerprint density at radius 1 is 1.28 bits per heavy atom. The van der Waals surface area contributed by atoms with Crippen LogP contribution in [-0.2, 0) is 4.79 Å². The number of rotatable bonds is 5. The molecule has 7 nitrogen and oxygen atoms in total. The topological polar surface area (TPSA) is 71.7 Å². The highest BCUT2D eigenvalue weighted by molar-refractivity contribution is 5.77. The molecule has 0 N–H and O–H groups in total. The summed E-state index contributed by atoms with van der Waals surface area (Å²) in [5, 5.41) is 3.82. The Morgan fingerprint density at radius 3 is 2.56 bits per heavy atom. The molecule has 8 heteroatoms. The molecule has 1 aromatic carbocycles. The zero-order valence-corrected chi connectivity index (χ0v) is 14.3. The number of halogens is 1. The molecule has 3 rings (SSSR count). The molecule has 2 aromatic rings. The number of ether oxygens (including phenoxy) is 1. The number of hydrogen-bond donors (Lipinski definition) is 0. The number of aryl methyl sites for hydroxylation is 1. The van der Waals surface area contributed by atoms with Gasteiger partial charge in [-0.15, -0.1) is 0 Å². The Morgan fingerprint density at radius 2 is 1.96 bits per heavy atom. The van der Waals surface area contributed by atoms with Crippen molar-refractivity contribution in [2.24, 2.45) is 0 Å². The molecule has 1 atom stereocenters. The highest BCUT2D eigenvalue weighted by Gasteiger charge is 2.27. The van der Waals surface area contributed by atoms with Gasteiger partial charge in [-0.05, 0) is 38.1 Å². The van der Waals surface area contributed by atoms with Gasteiger partial charge >= 0.3 is 0 Å². The predicted molar refractivity (Wildman–Crippen MR) is 87.5 cm³/mol. The van der Waals surface area contributed by atoms with Crippen molar-refractivity contribution >= 4 is 5.91 Å². The third-order valence-electron chi connectivity index (χ3n) is 4.29. The van der Waals surface area contributed by atoms with Crippen molar-refractivity contribution in [3.63, 3.8) is 0 Å². The standard InChI is InChI=1S/C17H21FN4O3/c1-12(17-19-13(2)20-25-17)21-7-9-22(10-8-21)16(23)11-24-15-5-3-14(18)4-6-15/h3-6,12H,7-11H2,1-2H3. The molecular weight excluding hydrogens is 327 g/mol. The summed E-state index contributed by atoms with van der Waals surface area (Å²) in [5.41, 5.74) is 0. The summed E-state index contributed by atoms with van der Waals surface area (Å²) < 4.78 is 23.5. The second kappa shape index (κ2) is 7.60.